The van der Waals surface area contributed by atoms with Crippen LogP contribution >= 0.6 is 0 Å². The molecule has 0 bridgehead atoms. The summed E-state index contributed by atoms with van der Waals surface area (Å²) in [7, 11) is 1.51. The minimum atomic E-state index is -1.03. The number of nitrogens with zero attached hydrogens (tertiary/aromatic N) is 1. The predicted octanol–water partition coefficient (Wildman–Crippen LogP) is 3.87. The fraction of sp³-hybridized carbons (Fsp3) is 0.423. The minimum absolute atomic E-state index is 0.00294. The molecule has 0 spiro atoms. The summed E-state index contributed by atoms with van der Waals surface area (Å²) in [5.74, 6) is -1.51. The maximum absolute atomic E-state index is 12.7. The van der Waals surface area contributed by atoms with Crippen LogP contribution in [0.5, 0.6) is 0 Å². The quantitative estimate of drug-likeness (QED) is 0.668. The summed E-state index contributed by atoms with van der Waals surface area (Å²) in [5.41, 5.74) is 4.67. The normalized spacial score (nSPS) is 19.3. The van der Waals surface area contributed by atoms with Gasteiger partial charge in [0, 0.05) is 25.4 Å². The van der Waals surface area contributed by atoms with E-state index in [0.29, 0.717) is 13.0 Å². The Labute approximate surface area is 193 Å². The molecule has 4 rings (SSSR count). The molecule has 0 saturated heterocycles. The van der Waals surface area contributed by atoms with Crippen molar-refractivity contribution in [1.82, 2.24) is 10.2 Å². The Morgan fingerprint density at radius 3 is 2.24 bits per heavy atom. The van der Waals surface area contributed by atoms with Crippen LogP contribution in [0, 0.1) is 11.8 Å². The average molecular weight is 451 g/mol. The second-order valence-electron chi connectivity index (χ2n) is 8.95. The van der Waals surface area contributed by atoms with Gasteiger partial charge in [0.05, 0.1) is 0 Å². The van der Waals surface area contributed by atoms with Gasteiger partial charge in [0.1, 0.15) is 13.2 Å². The van der Waals surface area contributed by atoms with Crippen LogP contribution in [0.1, 0.15) is 42.7 Å². The van der Waals surface area contributed by atoms with Crippen molar-refractivity contribution in [2.75, 3.05) is 26.7 Å². The number of hydrogen-bond donors (Lipinski definition) is 2. The average Bonchev–Trinajstić information content (AvgIpc) is 3.14. The summed E-state index contributed by atoms with van der Waals surface area (Å²) in [6.07, 6.45) is 2.95. The van der Waals surface area contributed by atoms with Crippen molar-refractivity contribution < 1.29 is 24.2 Å². The Morgan fingerprint density at radius 1 is 1.00 bits per heavy atom. The maximum Gasteiger partial charge on any atom is 0.407 e. The minimum Gasteiger partial charge on any atom is -0.480 e. The van der Waals surface area contributed by atoms with Crippen LogP contribution in [0.25, 0.3) is 11.1 Å². The number of ether oxygens (including phenoxy) is 1. The van der Waals surface area contributed by atoms with Gasteiger partial charge in [-0.2, -0.15) is 0 Å². The fourth-order valence-electron chi connectivity index (χ4n) is 5.20. The van der Waals surface area contributed by atoms with Gasteiger partial charge in [-0.05, 0) is 41.0 Å². The highest BCUT2D eigenvalue weighted by molar-refractivity contribution is 5.83. The molecule has 2 amide bonds. The molecule has 2 aliphatic rings. The van der Waals surface area contributed by atoms with E-state index in [-0.39, 0.29) is 36.8 Å². The van der Waals surface area contributed by atoms with Gasteiger partial charge < -0.3 is 20.1 Å². The number of carbonyl (C=O) groups excluding carboxylic acids is 2. The number of likely N-dealkylation sites (N-methyl/N-ethyl adjacent to an activating group) is 1. The molecule has 0 heterocycles. The number of nitrogens with one attached hydrogen (secondary N) is 1. The van der Waals surface area contributed by atoms with Crippen molar-refractivity contribution in [2.45, 2.75) is 31.6 Å². The second-order valence-corrected chi connectivity index (χ2v) is 8.95. The van der Waals surface area contributed by atoms with Crippen LogP contribution < -0.4 is 5.32 Å². The summed E-state index contributed by atoms with van der Waals surface area (Å²) in [6, 6.07) is 16.4. The van der Waals surface area contributed by atoms with Crippen LogP contribution in [0.15, 0.2) is 48.5 Å². The maximum atomic E-state index is 12.7. The highest BCUT2D eigenvalue weighted by Gasteiger charge is 2.34. The van der Waals surface area contributed by atoms with Crippen molar-refractivity contribution >= 4 is 18.0 Å². The molecule has 0 radical (unpaired) electrons. The van der Waals surface area contributed by atoms with Gasteiger partial charge >= 0.3 is 12.1 Å². The Bertz CT molecular complexity index is 991. The Kier molecular flexibility index (Phi) is 6.96. The fourth-order valence-corrected chi connectivity index (χ4v) is 5.20. The van der Waals surface area contributed by atoms with E-state index in [1.165, 1.54) is 23.1 Å². The highest BCUT2D eigenvalue weighted by atomic mass is 16.5. The molecule has 33 heavy (non-hydrogen) atoms. The highest BCUT2D eigenvalue weighted by Crippen LogP contribution is 2.44. The third kappa shape index (κ3) is 5.02. The standard InChI is InChI=1S/C26H30N2O5/c1-28(15-24(29)30)25(31)18-9-3-2-8-17(18)14-27-26(32)33-16-23-21-12-6-4-10-19(21)20-11-5-7-13-22(20)23/h4-7,10-13,17-18,23H,2-3,8-9,14-16H2,1H3,(H,27,32)(H,29,30). The molecule has 2 N–H and O–H groups in total. The first-order valence-corrected chi connectivity index (χ1v) is 11.5. The van der Waals surface area contributed by atoms with Crippen LogP contribution in [-0.2, 0) is 14.3 Å². The first-order chi connectivity index (χ1) is 16.0. The van der Waals surface area contributed by atoms with Gasteiger partial charge in [0.25, 0.3) is 0 Å². The van der Waals surface area contributed by atoms with Gasteiger partial charge in [0.2, 0.25) is 5.91 Å². The number of rotatable bonds is 7. The molecular weight excluding hydrogens is 420 g/mol. The summed E-state index contributed by atoms with van der Waals surface area (Å²) in [5, 5.41) is 11.8. The number of benzene rings is 2. The topological polar surface area (TPSA) is 95.9 Å². The molecule has 1 saturated carbocycles. The van der Waals surface area contributed by atoms with E-state index >= 15 is 0 Å². The molecule has 0 aliphatic heterocycles. The van der Waals surface area contributed by atoms with Crippen LogP contribution in [0.3, 0.4) is 0 Å². The number of alkyl carbamates (subject to hydrolysis) is 1. The van der Waals surface area contributed by atoms with Gasteiger partial charge in [-0.15, -0.1) is 0 Å². The molecule has 2 unspecified atom stereocenters. The summed E-state index contributed by atoms with van der Waals surface area (Å²) in [6.45, 7) is 0.268. The Morgan fingerprint density at radius 2 is 1.61 bits per heavy atom. The molecule has 0 aromatic heterocycles. The lowest BCUT2D eigenvalue weighted by Crippen LogP contribution is -2.44. The Balaban J connectivity index is 1.34. The Hall–Kier alpha value is -3.35. The first-order valence-electron chi connectivity index (χ1n) is 11.5. The summed E-state index contributed by atoms with van der Waals surface area (Å²) < 4.78 is 5.60. The van der Waals surface area contributed by atoms with Crippen molar-refractivity contribution in [3.05, 3.63) is 59.7 Å². The van der Waals surface area contributed by atoms with Gasteiger partial charge in [-0.3, -0.25) is 9.59 Å². The van der Waals surface area contributed by atoms with Crippen molar-refractivity contribution in [3.8, 4) is 11.1 Å². The molecule has 174 valence electrons. The van der Waals surface area contributed by atoms with E-state index < -0.39 is 12.1 Å². The lowest BCUT2D eigenvalue weighted by Gasteiger charge is -2.33. The number of carbonyl (C=O) groups is 3. The number of carboxylic acid groups (broad SMARTS) is 1. The third-order valence-corrected chi connectivity index (χ3v) is 6.83. The summed E-state index contributed by atoms with van der Waals surface area (Å²) in [4.78, 5) is 37.5. The monoisotopic (exact) mass is 450 g/mol. The van der Waals surface area contributed by atoms with E-state index in [9.17, 15) is 14.4 Å². The zero-order valence-electron chi connectivity index (χ0n) is 18.8. The molecule has 2 aliphatic carbocycles. The number of amides is 2. The SMILES string of the molecule is CN(CC(=O)O)C(=O)C1CCCCC1CNC(=O)OCC1c2ccccc2-c2ccccc21. The van der Waals surface area contributed by atoms with Gasteiger partial charge in [0.15, 0.2) is 0 Å². The van der Waals surface area contributed by atoms with E-state index in [0.717, 1.165) is 30.4 Å². The van der Waals surface area contributed by atoms with Crippen LogP contribution in [0.2, 0.25) is 0 Å². The lowest BCUT2D eigenvalue weighted by atomic mass is 9.78. The molecule has 7 nitrogen and oxygen atoms in total. The molecule has 2 aromatic carbocycles. The first kappa shape index (κ1) is 22.8. The van der Waals surface area contributed by atoms with Crippen molar-refractivity contribution in [1.29, 1.82) is 0 Å². The molecule has 2 atom stereocenters. The zero-order valence-corrected chi connectivity index (χ0v) is 18.8. The van der Waals surface area contributed by atoms with E-state index in [1.54, 1.807) is 0 Å². The predicted molar refractivity (Wildman–Crippen MR) is 124 cm³/mol. The zero-order chi connectivity index (χ0) is 23.4. The molecule has 7 heteroatoms. The number of fused-ring (bicyclic) bond motifs is 3. The smallest absolute Gasteiger partial charge is 0.407 e. The second kappa shape index (κ2) is 10.1. The molecular formula is C26H30N2O5. The van der Waals surface area contributed by atoms with Crippen LogP contribution in [0.4, 0.5) is 4.79 Å². The van der Waals surface area contributed by atoms with Crippen molar-refractivity contribution in [2.24, 2.45) is 11.8 Å². The molecule has 2 aromatic rings. The van der Waals surface area contributed by atoms with E-state index in [2.05, 4.69) is 29.6 Å². The van der Waals surface area contributed by atoms with Crippen molar-refractivity contribution in [3.63, 3.8) is 0 Å². The number of aliphatic carboxylic acids is 1. The summed E-state index contributed by atoms with van der Waals surface area (Å²) >= 11 is 0. The number of carboxylic acids is 1. The lowest BCUT2D eigenvalue weighted by molar-refractivity contribution is -0.146. The van der Waals surface area contributed by atoms with Crippen LogP contribution in [-0.4, -0.2) is 54.7 Å². The van der Waals surface area contributed by atoms with E-state index in [4.69, 9.17) is 9.84 Å². The van der Waals surface area contributed by atoms with E-state index in [1.807, 2.05) is 24.3 Å². The van der Waals surface area contributed by atoms with Gasteiger partial charge in [-0.25, -0.2) is 4.79 Å². The third-order valence-electron chi connectivity index (χ3n) is 6.83. The molecule has 1 fully saturated rings. The largest absolute Gasteiger partial charge is 0.480 e. The van der Waals surface area contributed by atoms with Gasteiger partial charge in [-0.1, -0.05) is 61.4 Å². The number of hydrogen-bond acceptors (Lipinski definition) is 4.